The Bertz CT molecular complexity index is 927. The molecule has 0 spiro atoms. The van der Waals surface area contributed by atoms with Crippen molar-refractivity contribution >= 4 is 51.5 Å². The van der Waals surface area contributed by atoms with Crippen LogP contribution in [0.2, 0.25) is 10.0 Å². The van der Waals surface area contributed by atoms with E-state index in [4.69, 9.17) is 37.8 Å². The predicted molar refractivity (Wildman–Crippen MR) is 109 cm³/mol. The summed E-state index contributed by atoms with van der Waals surface area (Å²) in [6.07, 6.45) is 1.79. The summed E-state index contributed by atoms with van der Waals surface area (Å²) in [5.41, 5.74) is 0.767. The number of aromatic amines is 1. The second-order valence-corrected chi connectivity index (χ2v) is 8.29. The van der Waals surface area contributed by atoms with Crippen LogP contribution in [-0.4, -0.2) is 66.1 Å². The first-order valence-corrected chi connectivity index (χ1v) is 10.2. The van der Waals surface area contributed by atoms with Crippen molar-refractivity contribution in [3.8, 4) is 0 Å². The average Bonchev–Trinajstić information content (AvgIpc) is 3.30. The van der Waals surface area contributed by atoms with E-state index in [1.165, 1.54) is 20.4 Å². The van der Waals surface area contributed by atoms with E-state index < -0.39 is 23.7 Å². The van der Waals surface area contributed by atoms with E-state index in [1.54, 1.807) is 6.92 Å². The Balaban J connectivity index is 1.80. The van der Waals surface area contributed by atoms with Gasteiger partial charge in [-0.25, -0.2) is 9.78 Å². The third-order valence-corrected chi connectivity index (χ3v) is 6.88. The lowest BCUT2D eigenvalue weighted by Crippen LogP contribution is -2.64. The van der Waals surface area contributed by atoms with Gasteiger partial charge in [0.25, 0.3) is 5.91 Å². The number of carboxylic acid groups (broad SMARTS) is 1. The Morgan fingerprint density at radius 2 is 2.07 bits per heavy atom. The van der Waals surface area contributed by atoms with Gasteiger partial charge in [-0.15, -0.1) is 0 Å². The second-order valence-electron chi connectivity index (χ2n) is 6.52. The first kappa shape index (κ1) is 21.8. The molecule has 3 N–H and O–H groups in total. The number of nitrogens with zero attached hydrogens (tertiary/aromatic N) is 2. The SMILES string of the molecule is COC1(OC)CN(c2ncc(C(=O)O)s2)CCC1NC(=O)c1[nH]c(C)c(Cl)c1Cl. The van der Waals surface area contributed by atoms with Gasteiger partial charge in [-0.05, 0) is 13.3 Å². The fourth-order valence-electron chi connectivity index (χ4n) is 3.27. The number of halogens is 2. The molecular weight excluding hydrogens is 443 g/mol. The van der Waals surface area contributed by atoms with Crippen molar-refractivity contribution in [1.29, 1.82) is 0 Å². The fraction of sp³-hybridized carbons (Fsp3) is 0.471. The number of anilines is 1. The van der Waals surface area contributed by atoms with Crippen LogP contribution in [0.25, 0.3) is 0 Å². The van der Waals surface area contributed by atoms with Crippen molar-refractivity contribution in [1.82, 2.24) is 15.3 Å². The number of nitrogens with one attached hydrogen (secondary N) is 2. The molecule has 1 aliphatic heterocycles. The second kappa shape index (κ2) is 8.49. The zero-order valence-electron chi connectivity index (χ0n) is 15.9. The van der Waals surface area contributed by atoms with Crippen LogP contribution in [0.4, 0.5) is 5.13 Å². The Labute approximate surface area is 180 Å². The molecule has 0 aliphatic carbocycles. The van der Waals surface area contributed by atoms with Gasteiger partial charge in [-0.3, -0.25) is 4.79 Å². The maximum absolute atomic E-state index is 12.8. The number of carbonyl (C=O) groups is 2. The molecule has 3 rings (SSSR count). The van der Waals surface area contributed by atoms with E-state index in [9.17, 15) is 9.59 Å². The van der Waals surface area contributed by atoms with Crippen LogP contribution in [0.3, 0.4) is 0 Å². The van der Waals surface area contributed by atoms with Gasteiger partial charge in [0.15, 0.2) is 5.13 Å². The van der Waals surface area contributed by atoms with Crippen LogP contribution in [-0.2, 0) is 9.47 Å². The molecule has 29 heavy (non-hydrogen) atoms. The monoisotopic (exact) mass is 462 g/mol. The number of piperidine rings is 1. The number of H-pyrrole nitrogens is 1. The summed E-state index contributed by atoms with van der Waals surface area (Å²) in [4.78, 5) is 33.0. The topological polar surface area (TPSA) is 117 Å². The molecule has 2 aromatic rings. The summed E-state index contributed by atoms with van der Waals surface area (Å²) in [5.74, 6) is -2.62. The van der Waals surface area contributed by atoms with Gasteiger partial charge in [0, 0.05) is 26.5 Å². The molecule has 1 unspecified atom stereocenters. The minimum atomic E-state index is -1.17. The number of carboxylic acids is 1. The molecule has 0 radical (unpaired) electrons. The van der Waals surface area contributed by atoms with E-state index in [0.717, 1.165) is 11.3 Å². The Kier molecular flexibility index (Phi) is 6.39. The van der Waals surface area contributed by atoms with Crippen molar-refractivity contribution < 1.29 is 24.2 Å². The Hall–Kier alpha value is -1.85. The molecule has 1 atom stereocenters. The number of carbonyl (C=O) groups excluding carboxylic acids is 1. The summed E-state index contributed by atoms with van der Waals surface area (Å²) < 4.78 is 11.3. The van der Waals surface area contributed by atoms with Gasteiger partial charge >= 0.3 is 5.97 Å². The molecule has 1 amide bonds. The number of amides is 1. The van der Waals surface area contributed by atoms with Gasteiger partial charge in [0.2, 0.25) is 5.79 Å². The highest BCUT2D eigenvalue weighted by atomic mass is 35.5. The highest BCUT2D eigenvalue weighted by Gasteiger charge is 2.46. The van der Waals surface area contributed by atoms with E-state index in [-0.39, 0.29) is 22.1 Å². The molecule has 1 saturated heterocycles. The highest BCUT2D eigenvalue weighted by Crippen LogP contribution is 2.33. The Morgan fingerprint density at radius 3 is 2.59 bits per heavy atom. The van der Waals surface area contributed by atoms with Crippen LogP contribution in [0.15, 0.2) is 6.20 Å². The molecule has 1 aliphatic rings. The van der Waals surface area contributed by atoms with Gasteiger partial charge in [-0.1, -0.05) is 34.5 Å². The first-order chi connectivity index (χ1) is 13.7. The van der Waals surface area contributed by atoms with Gasteiger partial charge < -0.3 is 29.8 Å². The highest BCUT2D eigenvalue weighted by molar-refractivity contribution is 7.17. The summed E-state index contributed by atoms with van der Waals surface area (Å²) >= 11 is 13.3. The minimum absolute atomic E-state index is 0.143. The van der Waals surface area contributed by atoms with E-state index in [1.807, 2.05) is 4.90 Å². The van der Waals surface area contributed by atoms with Gasteiger partial charge in [-0.2, -0.15) is 0 Å². The summed E-state index contributed by atoms with van der Waals surface area (Å²) in [7, 11) is 2.97. The number of thiazole rings is 1. The molecule has 0 saturated carbocycles. The number of hydrogen-bond acceptors (Lipinski definition) is 7. The normalized spacial score (nSPS) is 18.7. The third-order valence-electron chi connectivity index (χ3n) is 4.88. The molecular formula is C17H20Cl2N4O5S. The van der Waals surface area contributed by atoms with Crippen molar-refractivity contribution in [2.24, 2.45) is 0 Å². The van der Waals surface area contributed by atoms with Crippen LogP contribution in [0.5, 0.6) is 0 Å². The van der Waals surface area contributed by atoms with Crippen LogP contribution < -0.4 is 10.2 Å². The molecule has 0 bridgehead atoms. The molecule has 158 valence electrons. The third kappa shape index (κ3) is 4.08. The smallest absolute Gasteiger partial charge is 0.347 e. The van der Waals surface area contributed by atoms with Crippen LogP contribution in [0.1, 0.15) is 32.3 Å². The van der Waals surface area contributed by atoms with Crippen molar-refractivity contribution in [3.05, 3.63) is 32.5 Å². The minimum Gasteiger partial charge on any atom is -0.477 e. The number of methoxy groups -OCH3 is 2. The van der Waals surface area contributed by atoms with Crippen LogP contribution in [0, 0.1) is 6.92 Å². The summed E-state index contributed by atoms with van der Waals surface area (Å²) in [5, 5.41) is 13.0. The van der Waals surface area contributed by atoms with E-state index >= 15 is 0 Å². The largest absolute Gasteiger partial charge is 0.477 e. The molecule has 9 nitrogen and oxygen atoms in total. The lowest BCUT2D eigenvalue weighted by molar-refractivity contribution is -0.223. The summed E-state index contributed by atoms with van der Waals surface area (Å²) in [6.45, 7) is 2.48. The van der Waals surface area contributed by atoms with Crippen LogP contribution >= 0.6 is 34.5 Å². The summed E-state index contributed by atoms with van der Waals surface area (Å²) in [6, 6.07) is -0.487. The van der Waals surface area contributed by atoms with Gasteiger partial charge in [0.05, 0.1) is 28.8 Å². The maximum atomic E-state index is 12.8. The quantitative estimate of drug-likeness (QED) is 0.564. The van der Waals surface area contributed by atoms with Gasteiger partial charge in [0.1, 0.15) is 10.6 Å². The van der Waals surface area contributed by atoms with Crippen molar-refractivity contribution in [2.75, 3.05) is 32.2 Å². The lowest BCUT2D eigenvalue weighted by Gasteiger charge is -2.46. The molecule has 2 aromatic heterocycles. The number of aryl methyl sites for hydroxylation is 1. The number of rotatable bonds is 6. The predicted octanol–water partition coefficient (Wildman–Crippen LogP) is 2.78. The zero-order chi connectivity index (χ0) is 21.3. The van der Waals surface area contributed by atoms with E-state index in [0.29, 0.717) is 28.8 Å². The average molecular weight is 463 g/mol. The molecule has 3 heterocycles. The first-order valence-electron chi connectivity index (χ1n) is 8.61. The molecule has 0 aromatic carbocycles. The lowest BCUT2D eigenvalue weighted by atomic mass is 9.97. The molecule has 12 heteroatoms. The van der Waals surface area contributed by atoms with Crippen molar-refractivity contribution in [3.63, 3.8) is 0 Å². The van der Waals surface area contributed by atoms with Crippen molar-refractivity contribution in [2.45, 2.75) is 25.2 Å². The standard InChI is InChI=1S/C17H20Cl2N4O5S/c1-8-11(18)12(19)13(21-8)14(24)22-10-4-5-23(7-17(10,27-2)28-3)16-20-6-9(29-16)15(25)26/h6,10,21H,4-5,7H2,1-3H3,(H,22,24)(H,25,26). The number of hydrogen-bond donors (Lipinski definition) is 3. The number of ether oxygens (including phenoxy) is 2. The van der Waals surface area contributed by atoms with E-state index in [2.05, 4.69) is 15.3 Å². The number of aromatic nitrogens is 2. The zero-order valence-corrected chi connectivity index (χ0v) is 18.2. The fourth-order valence-corrected chi connectivity index (χ4v) is 4.47. The Morgan fingerprint density at radius 1 is 1.38 bits per heavy atom. The maximum Gasteiger partial charge on any atom is 0.347 e. The number of aromatic carboxylic acids is 1. The molecule has 1 fully saturated rings.